The molecule has 0 unspecified atom stereocenters. The number of amides is 1. The summed E-state index contributed by atoms with van der Waals surface area (Å²) in [5.41, 5.74) is 1.73. The normalized spacial score (nSPS) is 28.6. The monoisotopic (exact) mass is 404 g/mol. The quantitative estimate of drug-likeness (QED) is 0.749. The van der Waals surface area contributed by atoms with E-state index in [1.54, 1.807) is 7.11 Å². The van der Waals surface area contributed by atoms with E-state index < -0.39 is 0 Å². The smallest absolute Gasteiger partial charge is 0.290 e. The maximum atomic E-state index is 13.1. The minimum Gasteiger partial charge on any atom is -0.496 e. The van der Waals surface area contributed by atoms with Gasteiger partial charge in [0.25, 0.3) is 12.4 Å². The molecule has 1 amide bonds. The van der Waals surface area contributed by atoms with Crippen molar-refractivity contribution in [1.29, 1.82) is 0 Å². The third-order valence-electron chi connectivity index (χ3n) is 6.74. The number of nitrogens with zero attached hydrogens (tertiary/aromatic N) is 2. The fourth-order valence-electron chi connectivity index (χ4n) is 5.52. The number of aryl methyl sites for hydroxylation is 1. The highest BCUT2D eigenvalue weighted by Crippen LogP contribution is 2.41. The second-order valence-electron chi connectivity index (χ2n) is 8.31. The number of hydrogen-bond acceptors (Lipinski definition) is 5. The van der Waals surface area contributed by atoms with Crippen LogP contribution in [0.3, 0.4) is 0 Å². The summed E-state index contributed by atoms with van der Waals surface area (Å²) in [6.07, 6.45) is 4.86. The molecule has 160 valence electrons. The van der Waals surface area contributed by atoms with E-state index in [1.807, 2.05) is 30.0 Å². The van der Waals surface area contributed by atoms with Gasteiger partial charge in [-0.3, -0.25) is 14.5 Å². The van der Waals surface area contributed by atoms with E-state index >= 15 is 0 Å². The van der Waals surface area contributed by atoms with Gasteiger partial charge in [-0.2, -0.15) is 0 Å². The summed E-state index contributed by atoms with van der Waals surface area (Å²) < 4.78 is 5.32. The number of fused-ring (bicyclic) bond motifs is 4. The molecule has 4 atom stereocenters. The van der Waals surface area contributed by atoms with Gasteiger partial charge in [-0.15, -0.1) is 0 Å². The number of benzene rings is 1. The van der Waals surface area contributed by atoms with Gasteiger partial charge in [-0.05, 0) is 68.3 Å². The number of hydrogen-bond donors (Lipinski definition) is 2. The number of rotatable bonds is 3. The molecule has 3 aliphatic heterocycles. The minimum atomic E-state index is -0.250. The lowest BCUT2D eigenvalue weighted by Gasteiger charge is -2.56. The van der Waals surface area contributed by atoms with Crippen LogP contribution in [0, 0.1) is 18.8 Å². The van der Waals surface area contributed by atoms with Crippen molar-refractivity contribution in [3.05, 3.63) is 29.3 Å². The topological polar surface area (TPSA) is 90.3 Å². The molecule has 29 heavy (non-hydrogen) atoms. The zero-order valence-corrected chi connectivity index (χ0v) is 17.3. The number of carbonyl (C=O) groups excluding carboxylic acids is 1. The van der Waals surface area contributed by atoms with E-state index in [-0.39, 0.29) is 25.0 Å². The molecule has 0 spiro atoms. The number of likely N-dealkylation sites (tertiary alicyclic amines) is 1. The molecule has 0 radical (unpaired) electrons. The van der Waals surface area contributed by atoms with Crippen LogP contribution in [0.5, 0.6) is 5.75 Å². The number of methoxy groups -OCH3 is 1. The highest BCUT2D eigenvalue weighted by molar-refractivity contribution is 5.94. The molecule has 2 N–H and O–H groups in total. The third-order valence-corrected chi connectivity index (χ3v) is 6.74. The van der Waals surface area contributed by atoms with Crippen LogP contribution in [0.4, 0.5) is 0 Å². The molecule has 0 saturated carbocycles. The Kier molecular flexibility index (Phi) is 7.14. The second kappa shape index (κ2) is 9.59. The van der Waals surface area contributed by atoms with Crippen LogP contribution in [0.15, 0.2) is 18.2 Å². The van der Waals surface area contributed by atoms with Crippen molar-refractivity contribution >= 4 is 12.4 Å². The molecule has 7 heteroatoms. The molecular weight excluding hydrogens is 372 g/mol. The summed E-state index contributed by atoms with van der Waals surface area (Å²) in [4.78, 5) is 26.1. The van der Waals surface area contributed by atoms with Crippen molar-refractivity contribution in [1.82, 2.24) is 9.80 Å². The van der Waals surface area contributed by atoms with Gasteiger partial charge < -0.3 is 19.8 Å². The minimum absolute atomic E-state index is 0.117. The van der Waals surface area contributed by atoms with Crippen LogP contribution in [0.2, 0.25) is 0 Å². The van der Waals surface area contributed by atoms with Crippen LogP contribution >= 0.6 is 0 Å². The lowest BCUT2D eigenvalue weighted by atomic mass is 9.72. The highest BCUT2D eigenvalue weighted by atomic mass is 16.5. The van der Waals surface area contributed by atoms with Gasteiger partial charge >= 0.3 is 0 Å². The zero-order chi connectivity index (χ0) is 21.0. The van der Waals surface area contributed by atoms with Gasteiger partial charge in [0.05, 0.1) is 13.7 Å². The number of carbonyl (C=O) groups is 2. The van der Waals surface area contributed by atoms with E-state index in [0.717, 1.165) is 42.9 Å². The van der Waals surface area contributed by atoms with Crippen molar-refractivity contribution < 1.29 is 24.5 Å². The van der Waals surface area contributed by atoms with Crippen LogP contribution < -0.4 is 4.74 Å². The Labute approximate surface area is 172 Å². The zero-order valence-electron chi connectivity index (χ0n) is 17.3. The van der Waals surface area contributed by atoms with Gasteiger partial charge in [-0.25, -0.2) is 0 Å². The Morgan fingerprint density at radius 3 is 2.66 bits per heavy atom. The molecule has 2 bridgehead atoms. The lowest BCUT2D eigenvalue weighted by Crippen LogP contribution is -2.65. The van der Waals surface area contributed by atoms with Crippen molar-refractivity contribution in [2.75, 3.05) is 33.4 Å². The number of piperidine rings is 3. The number of aliphatic hydroxyl groups excluding tert-OH is 1. The van der Waals surface area contributed by atoms with Crippen molar-refractivity contribution in [3.63, 3.8) is 0 Å². The predicted molar refractivity (Wildman–Crippen MR) is 109 cm³/mol. The summed E-state index contributed by atoms with van der Waals surface area (Å²) in [5, 5.41) is 16.9. The molecule has 0 aromatic heterocycles. The van der Waals surface area contributed by atoms with Gasteiger partial charge in [0, 0.05) is 30.7 Å². The maximum absolute atomic E-state index is 13.1. The molecular formula is C22H32N2O5. The Bertz CT molecular complexity index is 711. The van der Waals surface area contributed by atoms with Crippen LogP contribution in [-0.2, 0) is 4.79 Å². The van der Waals surface area contributed by atoms with E-state index in [4.69, 9.17) is 14.6 Å². The Morgan fingerprint density at radius 2 is 2.00 bits per heavy atom. The summed E-state index contributed by atoms with van der Waals surface area (Å²) in [7, 11) is 1.65. The van der Waals surface area contributed by atoms with Gasteiger partial charge in [0.2, 0.25) is 0 Å². The van der Waals surface area contributed by atoms with Gasteiger partial charge in [0.15, 0.2) is 0 Å². The first-order valence-electron chi connectivity index (χ1n) is 10.4. The summed E-state index contributed by atoms with van der Waals surface area (Å²) in [5.74, 6) is 1.86. The van der Waals surface area contributed by atoms with Gasteiger partial charge in [-0.1, -0.05) is 6.42 Å². The number of aliphatic hydroxyl groups is 1. The predicted octanol–water partition coefficient (Wildman–Crippen LogP) is 2.01. The maximum Gasteiger partial charge on any atom is 0.290 e. The van der Waals surface area contributed by atoms with Crippen LogP contribution in [0.25, 0.3) is 0 Å². The largest absolute Gasteiger partial charge is 0.496 e. The molecule has 3 fully saturated rings. The Morgan fingerprint density at radius 1 is 1.28 bits per heavy atom. The molecule has 4 rings (SSSR count). The van der Waals surface area contributed by atoms with Crippen molar-refractivity contribution in [2.45, 2.75) is 44.7 Å². The molecule has 3 heterocycles. The van der Waals surface area contributed by atoms with Crippen molar-refractivity contribution in [3.8, 4) is 5.75 Å². The Hall–Kier alpha value is -2.12. The SMILES string of the molecule is COc1ccc(C(=O)N2C[C@H]3C[C@@H](C2)[C@H](CO)N2CCCC[C@@H]32)cc1C.O=CO. The highest BCUT2D eigenvalue weighted by Gasteiger charge is 2.47. The van der Waals surface area contributed by atoms with Crippen molar-refractivity contribution in [2.24, 2.45) is 11.8 Å². The first kappa shape index (κ1) is 21.6. The van der Waals surface area contributed by atoms with E-state index in [9.17, 15) is 9.90 Å². The first-order chi connectivity index (χ1) is 14.0. The molecule has 0 aliphatic carbocycles. The average Bonchev–Trinajstić information content (AvgIpc) is 2.74. The molecule has 1 aromatic carbocycles. The van der Waals surface area contributed by atoms with Gasteiger partial charge in [0.1, 0.15) is 5.75 Å². The summed E-state index contributed by atoms with van der Waals surface area (Å²) in [6.45, 7) is 4.64. The molecule has 7 nitrogen and oxygen atoms in total. The number of carboxylic acid groups (broad SMARTS) is 1. The second-order valence-corrected chi connectivity index (χ2v) is 8.31. The molecule has 1 aromatic rings. The average molecular weight is 405 g/mol. The van der Waals surface area contributed by atoms with E-state index in [1.165, 1.54) is 19.3 Å². The molecule has 3 saturated heterocycles. The Balaban J connectivity index is 0.000000755. The molecule has 3 aliphatic rings. The standard InChI is InChI=1S/C21H30N2O3.CH2O2/c1-14-9-15(6-7-20(14)26-2)21(25)22-11-16-10-17(12-22)19(13-24)23-8-4-3-5-18(16)23;2-1-3/h6-7,9,16-19,24H,3-5,8,10-13H2,1-2H3;1H,(H,2,3)/t16-,17+,18+,19+;/m1./s1. The van der Waals surface area contributed by atoms with E-state index in [0.29, 0.717) is 17.9 Å². The first-order valence-corrected chi connectivity index (χ1v) is 10.4. The lowest BCUT2D eigenvalue weighted by molar-refractivity contribution is -0.122. The van der Waals surface area contributed by atoms with Crippen LogP contribution in [-0.4, -0.2) is 77.8 Å². The fraction of sp³-hybridized carbons (Fsp3) is 0.636. The fourth-order valence-corrected chi connectivity index (χ4v) is 5.52. The van der Waals surface area contributed by atoms with E-state index in [2.05, 4.69) is 4.90 Å². The summed E-state index contributed by atoms with van der Waals surface area (Å²) in [6, 6.07) is 6.43. The summed E-state index contributed by atoms with van der Waals surface area (Å²) >= 11 is 0. The number of ether oxygens (including phenoxy) is 1. The third kappa shape index (κ3) is 4.41. The van der Waals surface area contributed by atoms with Crippen LogP contribution in [0.1, 0.15) is 41.6 Å².